The Hall–Kier alpha value is -3.75. The minimum atomic E-state index is -0.866. The van der Waals surface area contributed by atoms with Crippen LogP contribution in [0.1, 0.15) is 11.1 Å². The summed E-state index contributed by atoms with van der Waals surface area (Å²) in [5.41, 5.74) is 3.56. The summed E-state index contributed by atoms with van der Waals surface area (Å²) >= 11 is 0. The minimum absolute atomic E-state index is 0.0192. The van der Waals surface area contributed by atoms with Crippen molar-refractivity contribution < 1.29 is 19.2 Å². The molecule has 2 amide bonds. The second-order valence-electron chi connectivity index (χ2n) is 5.06. The van der Waals surface area contributed by atoms with Gasteiger partial charge in [-0.3, -0.25) is 19.7 Å². The van der Waals surface area contributed by atoms with Crippen LogP contribution in [-0.4, -0.2) is 30.0 Å². The highest BCUT2D eigenvalue weighted by molar-refractivity contribution is 6.34. The molecule has 0 heterocycles. The van der Waals surface area contributed by atoms with E-state index in [1.807, 2.05) is 0 Å². The fourth-order valence-corrected chi connectivity index (χ4v) is 1.89. The normalized spacial score (nSPS) is 10.3. The molecule has 0 spiro atoms. The highest BCUT2D eigenvalue weighted by Crippen LogP contribution is 2.16. The van der Waals surface area contributed by atoms with Gasteiger partial charge in [-0.1, -0.05) is 12.1 Å². The standard InChI is InChI=1S/C17H16N4O5/c1-18-16(22)17(23)20-19-10-13-3-2-4-15(9-13)26-11-12-5-7-14(8-6-12)21(24)25/h2-10H,11H2,1H3,(H,18,22)(H,20,23)/b19-10-. The van der Waals surface area contributed by atoms with Crippen molar-refractivity contribution in [1.82, 2.24) is 10.7 Å². The Labute approximate surface area is 148 Å². The maximum atomic E-state index is 11.3. The lowest BCUT2D eigenvalue weighted by Crippen LogP contribution is -2.35. The maximum absolute atomic E-state index is 11.3. The van der Waals surface area contributed by atoms with E-state index in [0.29, 0.717) is 11.3 Å². The first kappa shape index (κ1) is 18.6. The number of likely N-dealkylation sites (N-methyl/N-ethyl adjacent to an activating group) is 1. The van der Waals surface area contributed by atoms with E-state index in [1.165, 1.54) is 25.4 Å². The number of hydrogen-bond donors (Lipinski definition) is 2. The smallest absolute Gasteiger partial charge is 0.329 e. The summed E-state index contributed by atoms with van der Waals surface area (Å²) in [6.45, 7) is 0.242. The number of rotatable bonds is 6. The monoisotopic (exact) mass is 356 g/mol. The number of carbonyl (C=O) groups is 2. The van der Waals surface area contributed by atoms with Crippen LogP contribution in [0.25, 0.3) is 0 Å². The predicted molar refractivity (Wildman–Crippen MR) is 93.7 cm³/mol. The first-order valence-electron chi connectivity index (χ1n) is 7.51. The zero-order valence-corrected chi connectivity index (χ0v) is 13.8. The highest BCUT2D eigenvalue weighted by Gasteiger charge is 2.08. The molecule has 0 saturated carbocycles. The number of carbonyl (C=O) groups excluding carboxylic acids is 2. The summed E-state index contributed by atoms with van der Waals surface area (Å²) in [6, 6.07) is 13.0. The predicted octanol–water partition coefficient (Wildman–Crippen LogP) is 1.37. The van der Waals surface area contributed by atoms with Crippen LogP contribution in [0.4, 0.5) is 5.69 Å². The number of amides is 2. The van der Waals surface area contributed by atoms with Crippen molar-refractivity contribution in [1.29, 1.82) is 0 Å². The van der Waals surface area contributed by atoms with Crippen LogP contribution in [0.2, 0.25) is 0 Å². The van der Waals surface area contributed by atoms with Crippen LogP contribution < -0.4 is 15.5 Å². The molecule has 0 fully saturated rings. The highest BCUT2D eigenvalue weighted by atomic mass is 16.6. The van der Waals surface area contributed by atoms with Gasteiger partial charge in [0.15, 0.2) is 0 Å². The minimum Gasteiger partial charge on any atom is -0.489 e. The molecule has 2 rings (SSSR count). The van der Waals surface area contributed by atoms with Gasteiger partial charge in [-0.25, -0.2) is 5.43 Å². The SMILES string of the molecule is CNC(=O)C(=O)N/N=C\c1cccc(OCc2ccc([N+](=O)[O-])cc2)c1. The van der Waals surface area contributed by atoms with Crippen molar-refractivity contribution in [3.05, 3.63) is 69.8 Å². The van der Waals surface area contributed by atoms with Crippen molar-refractivity contribution in [3.8, 4) is 5.75 Å². The third kappa shape index (κ3) is 5.41. The molecule has 9 heteroatoms. The summed E-state index contributed by atoms with van der Waals surface area (Å²) in [5, 5.41) is 16.5. The Morgan fingerprint density at radius 1 is 1.19 bits per heavy atom. The number of hydrazone groups is 1. The third-order valence-corrected chi connectivity index (χ3v) is 3.22. The molecule has 9 nitrogen and oxygen atoms in total. The number of ether oxygens (including phenoxy) is 1. The zero-order chi connectivity index (χ0) is 18.9. The summed E-state index contributed by atoms with van der Waals surface area (Å²) in [6.07, 6.45) is 1.37. The topological polar surface area (TPSA) is 123 Å². The van der Waals surface area contributed by atoms with Crippen molar-refractivity contribution in [2.75, 3.05) is 7.05 Å². The van der Waals surface area contributed by atoms with Gasteiger partial charge in [0.2, 0.25) is 0 Å². The Kier molecular flexibility index (Phi) is 6.38. The zero-order valence-electron chi connectivity index (χ0n) is 13.8. The number of hydrogen-bond acceptors (Lipinski definition) is 6. The van der Waals surface area contributed by atoms with Crippen LogP contribution in [0.3, 0.4) is 0 Å². The van der Waals surface area contributed by atoms with Gasteiger partial charge in [-0.15, -0.1) is 0 Å². The van der Waals surface area contributed by atoms with Crippen LogP contribution in [-0.2, 0) is 16.2 Å². The number of nitrogens with one attached hydrogen (secondary N) is 2. The first-order chi connectivity index (χ1) is 12.5. The van der Waals surface area contributed by atoms with Crippen molar-refractivity contribution in [2.45, 2.75) is 6.61 Å². The summed E-state index contributed by atoms with van der Waals surface area (Å²) in [7, 11) is 1.34. The average molecular weight is 356 g/mol. The first-order valence-corrected chi connectivity index (χ1v) is 7.51. The Morgan fingerprint density at radius 3 is 2.58 bits per heavy atom. The van der Waals surface area contributed by atoms with Gasteiger partial charge in [0.05, 0.1) is 11.1 Å². The van der Waals surface area contributed by atoms with E-state index in [-0.39, 0.29) is 12.3 Å². The largest absolute Gasteiger partial charge is 0.489 e. The lowest BCUT2D eigenvalue weighted by Gasteiger charge is -2.07. The lowest BCUT2D eigenvalue weighted by atomic mass is 10.2. The molecular formula is C17H16N4O5. The Bertz CT molecular complexity index is 833. The summed E-state index contributed by atoms with van der Waals surface area (Å²) in [5.74, 6) is -1.10. The molecule has 0 aromatic heterocycles. The van der Waals surface area contributed by atoms with Crippen LogP contribution in [0.15, 0.2) is 53.6 Å². The van der Waals surface area contributed by atoms with Gasteiger partial charge in [0.25, 0.3) is 5.69 Å². The van der Waals surface area contributed by atoms with E-state index in [0.717, 1.165) is 5.56 Å². The molecule has 0 aliphatic rings. The molecule has 2 aromatic rings. The number of nitro groups is 1. The average Bonchev–Trinajstić information content (AvgIpc) is 2.66. The molecular weight excluding hydrogens is 340 g/mol. The second kappa shape index (κ2) is 8.92. The van der Waals surface area contributed by atoms with Crippen LogP contribution in [0.5, 0.6) is 5.75 Å². The number of non-ortho nitro benzene ring substituents is 1. The van der Waals surface area contributed by atoms with E-state index in [2.05, 4.69) is 15.8 Å². The lowest BCUT2D eigenvalue weighted by molar-refractivity contribution is -0.384. The van der Waals surface area contributed by atoms with E-state index in [1.54, 1.807) is 36.4 Å². The Balaban J connectivity index is 1.93. The van der Waals surface area contributed by atoms with Crippen LogP contribution in [0, 0.1) is 10.1 Å². The quantitative estimate of drug-likeness (QED) is 0.350. The van der Waals surface area contributed by atoms with Crippen molar-refractivity contribution in [3.63, 3.8) is 0 Å². The fourth-order valence-electron chi connectivity index (χ4n) is 1.89. The van der Waals surface area contributed by atoms with Crippen LogP contribution >= 0.6 is 0 Å². The number of nitrogens with zero attached hydrogens (tertiary/aromatic N) is 2. The molecule has 2 aromatic carbocycles. The van der Waals surface area contributed by atoms with Crippen molar-refractivity contribution >= 4 is 23.7 Å². The van der Waals surface area contributed by atoms with Gasteiger partial charge in [0, 0.05) is 19.2 Å². The molecule has 0 saturated heterocycles. The van der Waals surface area contributed by atoms with Gasteiger partial charge in [-0.05, 0) is 35.4 Å². The van der Waals surface area contributed by atoms with Gasteiger partial charge >= 0.3 is 11.8 Å². The molecule has 0 radical (unpaired) electrons. The molecule has 134 valence electrons. The summed E-state index contributed by atoms with van der Waals surface area (Å²) < 4.78 is 5.63. The summed E-state index contributed by atoms with van der Waals surface area (Å²) in [4.78, 5) is 32.4. The van der Waals surface area contributed by atoms with Crippen molar-refractivity contribution in [2.24, 2.45) is 5.10 Å². The maximum Gasteiger partial charge on any atom is 0.329 e. The van der Waals surface area contributed by atoms with E-state index < -0.39 is 16.7 Å². The Morgan fingerprint density at radius 2 is 1.92 bits per heavy atom. The third-order valence-electron chi connectivity index (χ3n) is 3.22. The van der Waals surface area contributed by atoms with Gasteiger partial charge in [0.1, 0.15) is 12.4 Å². The van der Waals surface area contributed by atoms with Gasteiger partial charge < -0.3 is 10.1 Å². The fraction of sp³-hybridized carbons (Fsp3) is 0.118. The second-order valence-corrected chi connectivity index (χ2v) is 5.06. The molecule has 0 atom stereocenters. The molecule has 2 N–H and O–H groups in total. The number of benzene rings is 2. The van der Waals surface area contributed by atoms with E-state index >= 15 is 0 Å². The molecule has 0 aliphatic heterocycles. The molecule has 26 heavy (non-hydrogen) atoms. The van der Waals surface area contributed by atoms with E-state index in [9.17, 15) is 19.7 Å². The number of nitro benzene ring substituents is 1. The molecule has 0 aliphatic carbocycles. The van der Waals surface area contributed by atoms with Gasteiger partial charge in [-0.2, -0.15) is 5.10 Å². The van der Waals surface area contributed by atoms with E-state index in [4.69, 9.17) is 4.74 Å². The molecule has 0 bridgehead atoms. The molecule has 0 unspecified atom stereocenters.